The molecule has 2 aromatic rings. The van der Waals surface area contributed by atoms with Gasteiger partial charge in [0.2, 0.25) is 5.88 Å². The van der Waals surface area contributed by atoms with Crippen LogP contribution in [0.1, 0.15) is 0 Å². The Morgan fingerprint density at radius 2 is 1.94 bits per heavy atom. The van der Waals surface area contributed by atoms with E-state index in [1.807, 2.05) is 0 Å². The van der Waals surface area contributed by atoms with Crippen LogP contribution in [-0.2, 0) is 0 Å². The maximum Gasteiger partial charge on any atom is 0.224 e. The van der Waals surface area contributed by atoms with Crippen LogP contribution in [0.25, 0.3) is 0 Å². The summed E-state index contributed by atoms with van der Waals surface area (Å²) in [7, 11) is 0. The summed E-state index contributed by atoms with van der Waals surface area (Å²) in [6.07, 6.45) is 1.31. The Labute approximate surface area is 102 Å². The number of nitrogens with zero attached hydrogens (tertiary/aromatic N) is 2. The summed E-state index contributed by atoms with van der Waals surface area (Å²) >= 11 is 11.7. The Kier molecular flexibility index (Phi) is 3.12. The lowest BCUT2D eigenvalue weighted by Crippen LogP contribution is -1.94. The van der Waals surface area contributed by atoms with Gasteiger partial charge in [0.05, 0.1) is 5.02 Å². The van der Waals surface area contributed by atoms with Crippen LogP contribution >= 0.6 is 23.2 Å². The Balaban J connectivity index is 2.27. The fraction of sp³-hybridized carbons (Fsp3) is 0. The van der Waals surface area contributed by atoms with E-state index >= 15 is 0 Å². The molecule has 0 bridgehead atoms. The molecular formula is C10H7Cl2N3O. The van der Waals surface area contributed by atoms with Crippen LogP contribution in [0.15, 0.2) is 30.6 Å². The first-order chi connectivity index (χ1) is 7.65. The molecule has 0 atom stereocenters. The van der Waals surface area contributed by atoms with E-state index in [2.05, 4.69) is 9.97 Å². The zero-order valence-electron chi connectivity index (χ0n) is 8.02. The molecule has 1 aromatic carbocycles. The number of benzene rings is 1. The van der Waals surface area contributed by atoms with E-state index in [1.54, 1.807) is 18.2 Å². The number of hydrogen-bond donors (Lipinski definition) is 1. The van der Waals surface area contributed by atoms with Crippen LogP contribution in [0.4, 0.5) is 5.82 Å². The molecule has 4 nitrogen and oxygen atoms in total. The maximum atomic E-state index is 5.94. The minimum atomic E-state index is 0.329. The molecule has 1 heterocycles. The average molecular weight is 256 g/mol. The lowest BCUT2D eigenvalue weighted by molar-refractivity contribution is 0.462. The minimum Gasteiger partial charge on any atom is -0.437 e. The molecule has 0 aliphatic rings. The monoisotopic (exact) mass is 255 g/mol. The zero-order valence-corrected chi connectivity index (χ0v) is 9.53. The van der Waals surface area contributed by atoms with E-state index in [9.17, 15) is 0 Å². The first-order valence-electron chi connectivity index (χ1n) is 4.35. The highest BCUT2D eigenvalue weighted by atomic mass is 35.5. The normalized spacial score (nSPS) is 10.1. The molecule has 0 aliphatic carbocycles. The Bertz CT molecular complexity index is 519. The summed E-state index contributed by atoms with van der Waals surface area (Å²) in [6, 6.07) is 6.42. The molecule has 2 rings (SSSR count). The molecule has 6 heteroatoms. The summed E-state index contributed by atoms with van der Waals surface area (Å²) in [6.45, 7) is 0. The Hall–Kier alpha value is -1.52. The van der Waals surface area contributed by atoms with E-state index in [0.29, 0.717) is 27.5 Å². The largest absolute Gasteiger partial charge is 0.437 e. The predicted octanol–water partition coefficient (Wildman–Crippen LogP) is 3.16. The number of hydrogen-bond acceptors (Lipinski definition) is 4. The van der Waals surface area contributed by atoms with Gasteiger partial charge in [-0.25, -0.2) is 9.97 Å². The Morgan fingerprint density at radius 3 is 2.62 bits per heavy atom. The molecular weight excluding hydrogens is 249 g/mol. The predicted molar refractivity (Wildman–Crippen MR) is 63.0 cm³/mol. The number of ether oxygens (including phenoxy) is 1. The van der Waals surface area contributed by atoms with Gasteiger partial charge in [-0.2, -0.15) is 0 Å². The highest BCUT2D eigenvalue weighted by Gasteiger charge is 2.05. The van der Waals surface area contributed by atoms with Crippen molar-refractivity contribution in [2.24, 2.45) is 0 Å². The molecule has 16 heavy (non-hydrogen) atoms. The molecule has 1 aromatic heterocycles. The summed E-state index contributed by atoms with van der Waals surface area (Å²) in [5.41, 5.74) is 5.49. The van der Waals surface area contributed by atoms with E-state index in [1.165, 1.54) is 12.4 Å². The van der Waals surface area contributed by atoms with Gasteiger partial charge < -0.3 is 10.5 Å². The van der Waals surface area contributed by atoms with Gasteiger partial charge in [-0.15, -0.1) is 0 Å². The number of rotatable bonds is 2. The van der Waals surface area contributed by atoms with Crippen LogP contribution in [0.2, 0.25) is 10.0 Å². The molecule has 0 amide bonds. The molecule has 0 radical (unpaired) electrons. The van der Waals surface area contributed by atoms with Gasteiger partial charge in [-0.1, -0.05) is 23.2 Å². The van der Waals surface area contributed by atoms with E-state index in [-0.39, 0.29) is 0 Å². The summed E-state index contributed by atoms with van der Waals surface area (Å²) < 4.78 is 5.42. The van der Waals surface area contributed by atoms with Crippen LogP contribution in [-0.4, -0.2) is 9.97 Å². The van der Waals surface area contributed by atoms with Crippen molar-refractivity contribution in [1.82, 2.24) is 9.97 Å². The van der Waals surface area contributed by atoms with Crippen LogP contribution < -0.4 is 10.5 Å². The van der Waals surface area contributed by atoms with Gasteiger partial charge in [0, 0.05) is 11.1 Å². The third-order valence-corrected chi connectivity index (χ3v) is 2.30. The molecule has 0 fully saturated rings. The number of nitrogens with two attached hydrogens (primary N) is 1. The van der Waals surface area contributed by atoms with Gasteiger partial charge in [-0.3, -0.25) is 0 Å². The number of aromatic nitrogens is 2. The molecule has 0 spiro atoms. The van der Waals surface area contributed by atoms with Crippen molar-refractivity contribution in [3.8, 4) is 11.6 Å². The highest BCUT2D eigenvalue weighted by Crippen LogP contribution is 2.30. The van der Waals surface area contributed by atoms with E-state index in [4.69, 9.17) is 33.7 Å². The lowest BCUT2D eigenvalue weighted by atomic mass is 10.3. The molecule has 2 N–H and O–H groups in total. The first-order valence-corrected chi connectivity index (χ1v) is 5.11. The van der Waals surface area contributed by atoms with Gasteiger partial charge in [0.25, 0.3) is 0 Å². The van der Waals surface area contributed by atoms with Gasteiger partial charge in [0.1, 0.15) is 17.9 Å². The average Bonchev–Trinajstić information content (AvgIpc) is 2.22. The molecule has 0 saturated carbocycles. The first kappa shape index (κ1) is 11.0. The fourth-order valence-electron chi connectivity index (χ4n) is 1.08. The second-order valence-corrected chi connectivity index (χ2v) is 3.80. The third-order valence-electron chi connectivity index (χ3n) is 1.77. The van der Waals surface area contributed by atoms with Gasteiger partial charge in [-0.05, 0) is 18.2 Å². The van der Waals surface area contributed by atoms with Gasteiger partial charge in [0.15, 0.2) is 0 Å². The second kappa shape index (κ2) is 4.55. The minimum absolute atomic E-state index is 0.329. The quantitative estimate of drug-likeness (QED) is 0.896. The number of anilines is 1. The smallest absolute Gasteiger partial charge is 0.224 e. The second-order valence-electron chi connectivity index (χ2n) is 2.96. The van der Waals surface area contributed by atoms with Crippen molar-refractivity contribution in [2.45, 2.75) is 0 Å². The summed E-state index contributed by atoms with van der Waals surface area (Å²) in [5, 5.41) is 0.948. The van der Waals surface area contributed by atoms with Crippen molar-refractivity contribution in [3.05, 3.63) is 40.6 Å². The van der Waals surface area contributed by atoms with Crippen molar-refractivity contribution in [1.29, 1.82) is 0 Å². The maximum absolute atomic E-state index is 5.94. The van der Waals surface area contributed by atoms with Crippen molar-refractivity contribution in [2.75, 3.05) is 5.73 Å². The zero-order chi connectivity index (χ0) is 11.5. The van der Waals surface area contributed by atoms with Gasteiger partial charge >= 0.3 is 0 Å². The molecule has 0 unspecified atom stereocenters. The Morgan fingerprint density at radius 1 is 1.12 bits per heavy atom. The molecule has 0 saturated heterocycles. The van der Waals surface area contributed by atoms with Crippen molar-refractivity contribution >= 4 is 29.0 Å². The summed E-state index contributed by atoms with van der Waals surface area (Å²) in [4.78, 5) is 7.64. The van der Waals surface area contributed by atoms with Crippen LogP contribution in [0.3, 0.4) is 0 Å². The van der Waals surface area contributed by atoms with Crippen LogP contribution in [0.5, 0.6) is 11.6 Å². The fourth-order valence-corrected chi connectivity index (χ4v) is 1.53. The van der Waals surface area contributed by atoms with Crippen molar-refractivity contribution < 1.29 is 4.74 Å². The SMILES string of the molecule is Nc1cc(Oc2ccc(Cl)cc2Cl)ncn1. The summed E-state index contributed by atoms with van der Waals surface area (Å²) in [5.74, 6) is 1.12. The molecule has 82 valence electrons. The lowest BCUT2D eigenvalue weighted by Gasteiger charge is -2.06. The topological polar surface area (TPSA) is 61.0 Å². The third kappa shape index (κ3) is 2.53. The number of nitrogen functional groups attached to an aromatic ring is 1. The molecule has 0 aliphatic heterocycles. The highest BCUT2D eigenvalue weighted by molar-refractivity contribution is 6.35. The van der Waals surface area contributed by atoms with E-state index < -0.39 is 0 Å². The van der Waals surface area contributed by atoms with Crippen LogP contribution in [0, 0.1) is 0 Å². The van der Waals surface area contributed by atoms with E-state index in [0.717, 1.165) is 0 Å². The number of halogens is 2. The van der Waals surface area contributed by atoms with Crippen molar-refractivity contribution in [3.63, 3.8) is 0 Å². The standard InChI is InChI=1S/C10H7Cl2N3O/c11-6-1-2-8(7(12)3-6)16-10-4-9(13)14-5-15-10/h1-5H,(H2,13,14,15).